The van der Waals surface area contributed by atoms with E-state index in [-0.39, 0.29) is 11.4 Å². The van der Waals surface area contributed by atoms with Crippen molar-refractivity contribution in [3.8, 4) is 11.4 Å². The number of rotatable bonds is 14. The largest absolute Gasteiger partial charge is 0.380 e. The van der Waals surface area contributed by atoms with Gasteiger partial charge in [-0.15, -0.1) is 0 Å². The van der Waals surface area contributed by atoms with Gasteiger partial charge >= 0.3 is 0 Å². The van der Waals surface area contributed by atoms with Crippen molar-refractivity contribution in [2.75, 3.05) is 32.2 Å². The van der Waals surface area contributed by atoms with Gasteiger partial charge in [-0.1, -0.05) is 12.8 Å². The molecule has 1 aromatic carbocycles. The van der Waals surface area contributed by atoms with Gasteiger partial charge in [0.2, 0.25) is 16.0 Å². The molecule has 1 fully saturated rings. The number of nitrogens with zero attached hydrogens (tertiary/aromatic N) is 4. The Bertz CT molecular complexity index is 1210. The van der Waals surface area contributed by atoms with E-state index in [1.165, 1.54) is 12.8 Å². The first-order valence-electron chi connectivity index (χ1n) is 11.8. The first-order chi connectivity index (χ1) is 17.0. The van der Waals surface area contributed by atoms with Gasteiger partial charge in [-0.2, -0.15) is 0 Å². The number of sulfonamides is 1. The molecule has 1 saturated carbocycles. The zero-order valence-corrected chi connectivity index (χ0v) is 20.9. The number of aromatic nitrogens is 4. The normalized spacial score (nSPS) is 13.8. The highest BCUT2D eigenvalue weighted by Gasteiger charge is 2.22. The lowest BCUT2D eigenvalue weighted by Gasteiger charge is -2.12. The number of imidazole rings is 1. The molecule has 1 aliphatic carbocycles. The predicted octanol–water partition coefficient (Wildman–Crippen LogP) is 3.35. The summed E-state index contributed by atoms with van der Waals surface area (Å²) < 4.78 is 40.0. The molecule has 4 rings (SSSR count). The number of ether oxygens (including phenoxy) is 2. The summed E-state index contributed by atoms with van der Waals surface area (Å²) in [6.07, 6.45) is 7.24. The highest BCUT2D eigenvalue weighted by atomic mass is 32.2. The quantitative estimate of drug-likeness (QED) is 0.323. The van der Waals surface area contributed by atoms with E-state index >= 15 is 0 Å². The average Bonchev–Trinajstić information content (AvgIpc) is 3.60. The topological polar surface area (TPSA) is 120 Å². The van der Waals surface area contributed by atoms with Gasteiger partial charge in [-0.25, -0.2) is 28.1 Å². The van der Waals surface area contributed by atoms with E-state index in [0.717, 1.165) is 36.1 Å². The van der Waals surface area contributed by atoms with E-state index in [2.05, 4.69) is 29.6 Å². The van der Waals surface area contributed by atoms with E-state index in [1.54, 1.807) is 37.6 Å². The zero-order valence-electron chi connectivity index (χ0n) is 20.1. The molecule has 10 nitrogen and oxygen atoms in total. The van der Waals surface area contributed by atoms with Gasteiger partial charge in [0.15, 0.2) is 0 Å². The van der Waals surface area contributed by atoms with Crippen molar-refractivity contribution < 1.29 is 17.9 Å². The summed E-state index contributed by atoms with van der Waals surface area (Å²) in [6, 6.07) is 8.31. The van der Waals surface area contributed by atoms with Crippen molar-refractivity contribution in [1.29, 1.82) is 0 Å². The Hall–Kier alpha value is -2.86. The number of benzene rings is 1. The average molecular weight is 501 g/mol. The summed E-state index contributed by atoms with van der Waals surface area (Å²) in [5.41, 5.74) is 2.35. The number of hydrogen-bond donors (Lipinski definition) is 2. The minimum absolute atomic E-state index is 0.180. The van der Waals surface area contributed by atoms with Crippen LogP contribution in [0.25, 0.3) is 11.4 Å². The Labute approximate surface area is 206 Å². The standard InChI is InChI=1S/C24H32N6O4S/c1-3-34-15-13-27-35(31,32)20-8-6-19(7-9-20)28-24-25-12-10-21(29-24)22-16-26-23(17-33-2)30(22)14-11-18-4-5-18/h6-10,12,16,18,27H,3-5,11,13-15,17H2,1-2H3,(H,25,28,29). The van der Waals surface area contributed by atoms with Crippen LogP contribution < -0.4 is 10.0 Å². The second-order valence-corrected chi connectivity index (χ2v) is 10.2. The maximum absolute atomic E-state index is 12.4. The predicted molar refractivity (Wildman–Crippen MR) is 133 cm³/mol. The summed E-state index contributed by atoms with van der Waals surface area (Å²) in [5, 5.41) is 3.15. The summed E-state index contributed by atoms with van der Waals surface area (Å²) in [4.78, 5) is 13.7. The van der Waals surface area contributed by atoms with Crippen LogP contribution in [0.2, 0.25) is 0 Å². The third-order valence-corrected chi connectivity index (χ3v) is 7.23. The third kappa shape index (κ3) is 6.85. The highest BCUT2D eigenvalue weighted by molar-refractivity contribution is 7.89. The van der Waals surface area contributed by atoms with Crippen molar-refractivity contribution in [2.45, 2.75) is 44.2 Å². The molecule has 0 spiro atoms. The summed E-state index contributed by atoms with van der Waals surface area (Å²) in [6.45, 7) is 4.27. The van der Waals surface area contributed by atoms with Crippen molar-refractivity contribution in [2.24, 2.45) is 5.92 Å². The fraction of sp³-hybridized carbons (Fsp3) is 0.458. The van der Waals surface area contributed by atoms with E-state index in [0.29, 0.717) is 31.5 Å². The second-order valence-electron chi connectivity index (χ2n) is 8.39. The fourth-order valence-electron chi connectivity index (χ4n) is 3.71. The third-order valence-electron chi connectivity index (χ3n) is 5.75. The monoisotopic (exact) mass is 500 g/mol. The SMILES string of the molecule is CCOCCNS(=O)(=O)c1ccc(Nc2nccc(-c3cnc(COC)n3CCC3CC3)n2)cc1. The molecule has 0 aliphatic heterocycles. The van der Waals surface area contributed by atoms with Crippen molar-refractivity contribution >= 4 is 21.7 Å². The fourth-order valence-corrected chi connectivity index (χ4v) is 4.73. The molecule has 2 heterocycles. The van der Waals surface area contributed by atoms with Crippen LogP contribution >= 0.6 is 0 Å². The molecule has 35 heavy (non-hydrogen) atoms. The van der Waals surface area contributed by atoms with Crippen LogP contribution in [0.4, 0.5) is 11.6 Å². The van der Waals surface area contributed by atoms with Gasteiger partial charge < -0.3 is 19.4 Å². The lowest BCUT2D eigenvalue weighted by atomic mass is 10.2. The van der Waals surface area contributed by atoms with Gasteiger partial charge in [0, 0.05) is 38.7 Å². The van der Waals surface area contributed by atoms with Crippen LogP contribution in [-0.4, -0.2) is 54.8 Å². The Balaban J connectivity index is 1.46. The Morgan fingerprint density at radius 3 is 2.66 bits per heavy atom. The van der Waals surface area contributed by atoms with Crippen molar-refractivity contribution in [1.82, 2.24) is 24.2 Å². The van der Waals surface area contributed by atoms with Gasteiger partial charge in [-0.3, -0.25) is 0 Å². The summed E-state index contributed by atoms with van der Waals surface area (Å²) in [5.74, 6) is 2.09. The molecule has 1 aliphatic rings. The minimum atomic E-state index is -3.60. The van der Waals surface area contributed by atoms with Crippen molar-refractivity contribution in [3.05, 3.63) is 48.5 Å². The van der Waals surface area contributed by atoms with E-state index < -0.39 is 10.0 Å². The van der Waals surface area contributed by atoms with Crippen LogP contribution in [0.5, 0.6) is 0 Å². The molecule has 2 aromatic heterocycles. The van der Waals surface area contributed by atoms with Crippen LogP contribution in [0.15, 0.2) is 47.6 Å². The molecule has 0 saturated heterocycles. The molecular weight excluding hydrogens is 468 g/mol. The summed E-state index contributed by atoms with van der Waals surface area (Å²) in [7, 11) is -1.93. The number of anilines is 2. The Morgan fingerprint density at radius 2 is 1.94 bits per heavy atom. The van der Waals surface area contributed by atoms with Crippen LogP contribution in [0.1, 0.15) is 32.0 Å². The maximum atomic E-state index is 12.4. The second kappa shape index (κ2) is 11.7. The van der Waals surface area contributed by atoms with Crippen molar-refractivity contribution in [3.63, 3.8) is 0 Å². The first kappa shape index (κ1) is 25.2. The molecule has 2 N–H and O–H groups in total. The zero-order chi connectivity index (χ0) is 24.7. The number of methoxy groups -OCH3 is 1. The first-order valence-corrected chi connectivity index (χ1v) is 13.3. The summed E-state index contributed by atoms with van der Waals surface area (Å²) >= 11 is 0. The molecule has 0 atom stereocenters. The van der Waals surface area contributed by atoms with Crippen LogP contribution in [-0.2, 0) is 32.6 Å². The number of hydrogen-bond acceptors (Lipinski definition) is 8. The van der Waals surface area contributed by atoms with Gasteiger partial charge in [0.1, 0.15) is 12.4 Å². The molecular formula is C24H32N6O4S. The lowest BCUT2D eigenvalue weighted by molar-refractivity contribution is 0.153. The van der Waals surface area contributed by atoms with Gasteiger partial charge in [-0.05, 0) is 49.6 Å². The molecule has 11 heteroatoms. The van der Waals surface area contributed by atoms with Gasteiger partial charge in [0.05, 0.1) is 29.1 Å². The molecule has 188 valence electrons. The van der Waals surface area contributed by atoms with E-state index in [9.17, 15) is 8.42 Å². The Morgan fingerprint density at radius 1 is 1.14 bits per heavy atom. The van der Waals surface area contributed by atoms with Crippen LogP contribution in [0, 0.1) is 5.92 Å². The van der Waals surface area contributed by atoms with Crippen LogP contribution in [0.3, 0.4) is 0 Å². The van der Waals surface area contributed by atoms with E-state index in [1.807, 2.05) is 19.2 Å². The molecule has 0 bridgehead atoms. The number of nitrogens with one attached hydrogen (secondary N) is 2. The molecule has 0 amide bonds. The smallest absolute Gasteiger partial charge is 0.240 e. The van der Waals surface area contributed by atoms with E-state index in [4.69, 9.17) is 9.47 Å². The minimum Gasteiger partial charge on any atom is -0.380 e. The Kier molecular flexibility index (Phi) is 8.45. The lowest BCUT2D eigenvalue weighted by Crippen LogP contribution is -2.27. The molecule has 3 aromatic rings. The highest BCUT2D eigenvalue weighted by Crippen LogP contribution is 2.33. The molecule has 0 unspecified atom stereocenters. The molecule has 0 radical (unpaired) electrons. The maximum Gasteiger partial charge on any atom is 0.240 e. The van der Waals surface area contributed by atoms with Gasteiger partial charge in [0.25, 0.3) is 0 Å².